The minimum atomic E-state index is -0.158. The van der Waals surface area contributed by atoms with Gasteiger partial charge in [0.1, 0.15) is 11.5 Å². The number of nitrogens with one attached hydrogen (secondary N) is 2. The summed E-state index contributed by atoms with van der Waals surface area (Å²) in [6, 6.07) is 10.0. The molecule has 1 atom stereocenters. The highest BCUT2D eigenvalue weighted by atomic mass is 16.1. The number of hydrogen-bond acceptors (Lipinski definition) is 3. The second-order valence-corrected chi connectivity index (χ2v) is 4.38. The first-order chi connectivity index (χ1) is 9.24. The van der Waals surface area contributed by atoms with Gasteiger partial charge in [0.2, 0.25) is 0 Å². The average molecular weight is 254 g/mol. The normalized spacial score (nSPS) is 17.4. The summed E-state index contributed by atoms with van der Waals surface area (Å²) < 4.78 is 1.51. The molecule has 0 fully saturated rings. The topological polar surface area (TPSA) is 62.2 Å². The van der Waals surface area contributed by atoms with Crippen LogP contribution >= 0.6 is 0 Å². The van der Waals surface area contributed by atoms with Gasteiger partial charge in [0.15, 0.2) is 5.49 Å². The maximum Gasteiger partial charge on any atom is 0.327 e. The maximum atomic E-state index is 11.5. The molecule has 2 N–H and O–H groups in total. The lowest BCUT2D eigenvalue weighted by Gasteiger charge is -2.10. The Bertz CT molecular complexity index is 783. The zero-order chi connectivity index (χ0) is 13.2. The van der Waals surface area contributed by atoms with Crippen LogP contribution in [-0.2, 0) is 7.05 Å². The van der Waals surface area contributed by atoms with E-state index in [1.165, 1.54) is 4.57 Å². The van der Waals surface area contributed by atoms with Crippen LogP contribution in [0.5, 0.6) is 0 Å². The molecule has 2 heterocycles. The van der Waals surface area contributed by atoms with Crippen molar-refractivity contribution in [2.75, 3.05) is 0 Å². The van der Waals surface area contributed by atoms with Gasteiger partial charge in [-0.2, -0.15) is 0 Å². The largest absolute Gasteiger partial charge is 0.365 e. The Kier molecular flexibility index (Phi) is 2.79. The Hall–Kier alpha value is -2.56. The summed E-state index contributed by atoms with van der Waals surface area (Å²) in [7, 11) is 1.71. The summed E-state index contributed by atoms with van der Waals surface area (Å²) in [6.07, 6.45) is 5.59. The molecular formula is C14H14N4O. The van der Waals surface area contributed by atoms with Crippen molar-refractivity contribution >= 4 is 12.3 Å². The van der Waals surface area contributed by atoms with E-state index in [-0.39, 0.29) is 11.9 Å². The van der Waals surface area contributed by atoms with Gasteiger partial charge in [0.05, 0.1) is 0 Å². The van der Waals surface area contributed by atoms with Crippen LogP contribution in [0.2, 0.25) is 0 Å². The van der Waals surface area contributed by atoms with Crippen molar-refractivity contribution < 1.29 is 0 Å². The first kappa shape index (κ1) is 11.5. The lowest BCUT2D eigenvalue weighted by molar-refractivity contribution is 0.687. The van der Waals surface area contributed by atoms with Gasteiger partial charge in [-0.25, -0.2) is 9.79 Å². The van der Waals surface area contributed by atoms with Crippen molar-refractivity contribution in [1.82, 2.24) is 14.9 Å². The molecule has 96 valence electrons. The monoisotopic (exact) mass is 254 g/mol. The number of fused-ring (bicyclic) bond motifs is 1. The van der Waals surface area contributed by atoms with E-state index in [9.17, 15) is 4.79 Å². The van der Waals surface area contributed by atoms with E-state index >= 15 is 0 Å². The number of aromatic nitrogens is 2. The summed E-state index contributed by atoms with van der Waals surface area (Å²) >= 11 is 0. The minimum absolute atomic E-state index is 0.153. The lowest BCUT2D eigenvalue weighted by Crippen LogP contribution is -2.40. The van der Waals surface area contributed by atoms with E-state index < -0.39 is 0 Å². The molecule has 1 aliphatic heterocycles. The van der Waals surface area contributed by atoms with Crippen LogP contribution in [0.15, 0.2) is 46.2 Å². The molecule has 19 heavy (non-hydrogen) atoms. The fourth-order valence-electron chi connectivity index (χ4n) is 1.99. The zero-order valence-electron chi connectivity index (χ0n) is 10.5. The smallest absolute Gasteiger partial charge is 0.327 e. The third-order valence-electron chi connectivity index (χ3n) is 3.04. The molecule has 0 aliphatic carbocycles. The van der Waals surface area contributed by atoms with Crippen LogP contribution in [0.3, 0.4) is 0 Å². The maximum absolute atomic E-state index is 11.5. The molecule has 2 aromatic rings. The molecule has 5 nitrogen and oxygen atoms in total. The molecule has 0 amide bonds. The SMILES string of the molecule is Cn1c(=O)[nH]c2c1=NC(/C=C/c1ccccc1)NC=2. The molecule has 0 saturated heterocycles. The summed E-state index contributed by atoms with van der Waals surface area (Å²) in [4.78, 5) is 18.7. The van der Waals surface area contributed by atoms with Crippen molar-refractivity contribution in [3.8, 4) is 0 Å². The van der Waals surface area contributed by atoms with Gasteiger partial charge in [-0.05, 0) is 11.6 Å². The molecule has 5 heteroatoms. The molecule has 0 bridgehead atoms. The predicted molar refractivity (Wildman–Crippen MR) is 73.7 cm³/mol. The van der Waals surface area contributed by atoms with E-state index in [0.29, 0.717) is 5.49 Å². The number of imidazole rings is 1. The Morgan fingerprint density at radius 3 is 2.89 bits per heavy atom. The number of H-pyrrole nitrogens is 1. The van der Waals surface area contributed by atoms with E-state index in [2.05, 4.69) is 15.3 Å². The van der Waals surface area contributed by atoms with Crippen molar-refractivity contribution in [2.24, 2.45) is 12.0 Å². The van der Waals surface area contributed by atoms with E-state index in [1.807, 2.05) is 42.5 Å². The minimum Gasteiger partial charge on any atom is -0.365 e. The van der Waals surface area contributed by atoms with Crippen LogP contribution in [-0.4, -0.2) is 15.7 Å². The molecule has 1 unspecified atom stereocenters. The second-order valence-electron chi connectivity index (χ2n) is 4.38. The predicted octanol–water partition coefficient (Wildman–Crippen LogP) is -0.286. The van der Waals surface area contributed by atoms with Crippen molar-refractivity contribution in [3.05, 3.63) is 63.3 Å². The fourth-order valence-corrected chi connectivity index (χ4v) is 1.99. The molecular weight excluding hydrogens is 240 g/mol. The highest BCUT2D eigenvalue weighted by Gasteiger charge is 2.08. The van der Waals surface area contributed by atoms with Gasteiger partial charge >= 0.3 is 5.69 Å². The fraction of sp³-hybridized carbons (Fsp3) is 0.143. The van der Waals surface area contributed by atoms with E-state index in [1.54, 1.807) is 13.2 Å². The summed E-state index contributed by atoms with van der Waals surface area (Å²) in [5.74, 6) is 0. The average Bonchev–Trinajstić information content (AvgIpc) is 2.73. The van der Waals surface area contributed by atoms with Crippen molar-refractivity contribution in [1.29, 1.82) is 0 Å². The van der Waals surface area contributed by atoms with Gasteiger partial charge in [-0.3, -0.25) is 4.57 Å². The number of nitrogens with zero attached hydrogens (tertiary/aromatic N) is 2. The van der Waals surface area contributed by atoms with Crippen molar-refractivity contribution in [2.45, 2.75) is 6.17 Å². The summed E-state index contributed by atoms with van der Waals surface area (Å²) in [5, 5.41) is 3.84. The van der Waals surface area contributed by atoms with Crippen LogP contribution in [0.1, 0.15) is 5.56 Å². The van der Waals surface area contributed by atoms with Crippen LogP contribution in [0, 0.1) is 0 Å². The molecule has 0 radical (unpaired) electrons. The van der Waals surface area contributed by atoms with Gasteiger partial charge in [-0.15, -0.1) is 0 Å². The van der Waals surface area contributed by atoms with Gasteiger partial charge in [0, 0.05) is 13.2 Å². The van der Waals surface area contributed by atoms with Crippen LogP contribution in [0.4, 0.5) is 0 Å². The number of rotatable bonds is 2. The molecule has 3 rings (SSSR count). The second kappa shape index (κ2) is 4.61. The molecule has 0 spiro atoms. The molecule has 1 aliphatic rings. The first-order valence-electron chi connectivity index (χ1n) is 6.06. The molecule has 1 aromatic heterocycles. The highest BCUT2D eigenvalue weighted by molar-refractivity contribution is 5.49. The number of benzene rings is 1. The standard InChI is InChI=1S/C14H14N4O/c1-18-13-11(16-14(18)19)9-15-12(17-13)8-7-10-5-3-2-4-6-10/h2-9,12,15H,1H3,(H,16,19)/b8-7+. The van der Waals surface area contributed by atoms with Crippen LogP contribution < -0.4 is 21.8 Å². The van der Waals surface area contributed by atoms with Gasteiger partial charge in [0.25, 0.3) is 0 Å². The van der Waals surface area contributed by atoms with Crippen molar-refractivity contribution in [3.63, 3.8) is 0 Å². The Morgan fingerprint density at radius 2 is 2.11 bits per heavy atom. The molecule has 1 aromatic carbocycles. The van der Waals surface area contributed by atoms with Gasteiger partial charge < -0.3 is 10.3 Å². The zero-order valence-corrected chi connectivity index (χ0v) is 10.5. The summed E-state index contributed by atoms with van der Waals surface area (Å²) in [5.41, 5.74) is 1.64. The molecule has 0 saturated carbocycles. The first-order valence-corrected chi connectivity index (χ1v) is 6.06. The Balaban J connectivity index is 1.92. The number of hydrogen-bond donors (Lipinski definition) is 2. The quantitative estimate of drug-likeness (QED) is 0.774. The summed E-state index contributed by atoms with van der Waals surface area (Å²) in [6.45, 7) is 0. The van der Waals surface area contributed by atoms with E-state index in [0.717, 1.165) is 10.9 Å². The van der Waals surface area contributed by atoms with E-state index in [4.69, 9.17) is 0 Å². The highest BCUT2D eigenvalue weighted by Crippen LogP contribution is 2.02. The third-order valence-corrected chi connectivity index (χ3v) is 3.04. The lowest BCUT2D eigenvalue weighted by atomic mass is 10.2. The van der Waals surface area contributed by atoms with Crippen LogP contribution in [0.25, 0.3) is 12.3 Å². The van der Waals surface area contributed by atoms with Gasteiger partial charge in [-0.1, -0.05) is 36.4 Å². The third kappa shape index (κ3) is 2.22. The number of aromatic amines is 1. The Morgan fingerprint density at radius 1 is 1.32 bits per heavy atom. The Labute approximate surface area is 109 Å².